The SMILES string of the molecule is C=C/C=C\C(=C)N(C)C(=NC)c1c(C)ccc2c1oc1ncccc12. The van der Waals surface area contributed by atoms with Crippen molar-refractivity contribution in [2.75, 3.05) is 14.1 Å². The van der Waals surface area contributed by atoms with Gasteiger partial charge in [-0.05, 0) is 30.7 Å². The Morgan fingerprint density at radius 2 is 2.08 bits per heavy atom. The van der Waals surface area contributed by atoms with Crippen molar-refractivity contribution in [2.45, 2.75) is 6.92 Å². The van der Waals surface area contributed by atoms with Gasteiger partial charge in [0.05, 0.1) is 5.56 Å². The van der Waals surface area contributed by atoms with E-state index in [4.69, 9.17) is 4.42 Å². The molecule has 0 spiro atoms. The quantitative estimate of drug-likeness (QED) is 0.390. The van der Waals surface area contributed by atoms with Gasteiger partial charge in [-0.15, -0.1) is 0 Å². The van der Waals surface area contributed by atoms with Crippen molar-refractivity contribution in [1.29, 1.82) is 0 Å². The van der Waals surface area contributed by atoms with Gasteiger partial charge in [0, 0.05) is 36.8 Å². The second-order valence-electron chi connectivity index (χ2n) is 5.78. The molecule has 0 radical (unpaired) electrons. The van der Waals surface area contributed by atoms with Crippen molar-refractivity contribution >= 4 is 27.9 Å². The molecule has 0 saturated heterocycles. The first kappa shape index (κ1) is 16.7. The zero-order valence-corrected chi connectivity index (χ0v) is 14.8. The van der Waals surface area contributed by atoms with E-state index in [0.29, 0.717) is 5.71 Å². The molecule has 0 unspecified atom stereocenters. The number of likely N-dealkylation sites (N-methyl/N-ethyl adjacent to an activating group) is 1. The van der Waals surface area contributed by atoms with E-state index in [-0.39, 0.29) is 0 Å². The molecule has 0 aliphatic rings. The highest BCUT2D eigenvalue weighted by Crippen LogP contribution is 2.32. The van der Waals surface area contributed by atoms with Crippen molar-refractivity contribution < 1.29 is 4.42 Å². The van der Waals surface area contributed by atoms with Crippen LogP contribution in [0.5, 0.6) is 0 Å². The van der Waals surface area contributed by atoms with Crippen LogP contribution in [0.4, 0.5) is 0 Å². The van der Waals surface area contributed by atoms with Crippen molar-refractivity contribution in [3.05, 3.63) is 78.7 Å². The number of aromatic nitrogens is 1. The number of aryl methyl sites for hydroxylation is 1. The number of pyridine rings is 1. The van der Waals surface area contributed by atoms with Crippen LogP contribution in [-0.2, 0) is 0 Å². The summed E-state index contributed by atoms with van der Waals surface area (Å²) in [7, 11) is 3.72. The predicted octanol–water partition coefficient (Wildman–Crippen LogP) is 4.85. The average Bonchev–Trinajstić information content (AvgIpc) is 3.00. The molecule has 2 heterocycles. The molecule has 4 nitrogen and oxygen atoms in total. The Kier molecular flexibility index (Phi) is 4.52. The largest absolute Gasteiger partial charge is 0.437 e. The van der Waals surface area contributed by atoms with Crippen molar-refractivity contribution in [3.63, 3.8) is 0 Å². The van der Waals surface area contributed by atoms with Gasteiger partial charge in [-0.3, -0.25) is 4.99 Å². The average molecular weight is 331 g/mol. The minimum absolute atomic E-state index is 0.632. The molecule has 0 amide bonds. The van der Waals surface area contributed by atoms with Crippen LogP contribution in [0.1, 0.15) is 11.1 Å². The van der Waals surface area contributed by atoms with Crippen LogP contribution >= 0.6 is 0 Å². The van der Waals surface area contributed by atoms with Gasteiger partial charge in [0.1, 0.15) is 11.4 Å². The maximum absolute atomic E-state index is 6.08. The van der Waals surface area contributed by atoms with Gasteiger partial charge in [0.25, 0.3) is 0 Å². The lowest BCUT2D eigenvalue weighted by molar-refractivity contribution is 0.635. The second-order valence-corrected chi connectivity index (χ2v) is 5.78. The number of furan rings is 1. The number of benzene rings is 1. The van der Waals surface area contributed by atoms with E-state index in [1.807, 2.05) is 36.2 Å². The maximum Gasteiger partial charge on any atom is 0.227 e. The number of hydrogen-bond donors (Lipinski definition) is 0. The van der Waals surface area contributed by atoms with Crippen molar-refractivity contribution in [3.8, 4) is 0 Å². The van der Waals surface area contributed by atoms with E-state index >= 15 is 0 Å². The number of aliphatic imine (C=N–C) groups is 1. The van der Waals surface area contributed by atoms with Gasteiger partial charge < -0.3 is 9.32 Å². The van der Waals surface area contributed by atoms with Crippen molar-refractivity contribution in [2.24, 2.45) is 4.99 Å². The second kappa shape index (κ2) is 6.77. The molecule has 0 saturated carbocycles. The molecule has 0 atom stereocenters. The number of rotatable bonds is 4. The molecular weight excluding hydrogens is 310 g/mol. The number of allylic oxidation sites excluding steroid dienone is 3. The lowest BCUT2D eigenvalue weighted by Gasteiger charge is -2.22. The highest BCUT2D eigenvalue weighted by atomic mass is 16.3. The number of hydrogen-bond acceptors (Lipinski definition) is 3. The summed E-state index contributed by atoms with van der Waals surface area (Å²) < 4.78 is 6.08. The summed E-state index contributed by atoms with van der Waals surface area (Å²) in [5.74, 6) is 0.792. The van der Waals surface area contributed by atoms with Crippen LogP contribution in [0.2, 0.25) is 0 Å². The van der Waals surface area contributed by atoms with Gasteiger partial charge in [-0.1, -0.05) is 37.4 Å². The van der Waals surface area contributed by atoms with Gasteiger partial charge >= 0.3 is 0 Å². The smallest absolute Gasteiger partial charge is 0.227 e. The molecule has 126 valence electrons. The Balaban J connectivity index is 2.22. The third-order valence-electron chi connectivity index (χ3n) is 4.23. The molecule has 0 aliphatic carbocycles. The Bertz CT molecular complexity index is 1020. The Morgan fingerprint density at radius 1 is 1.28 bits per heavy atom. The minimum Gasteiger partial charge on any atom is -0.437 e. The molecular formula is C21H21N3O. The highest BCUT2D eigenvalue weighted by molar-refractivity contribution is 6.15. The fourth-order valence-corrected chi connectivity index (χ4v) is 2.91. The van der Waals surface area contributed by atoms with Gasteiger partial charge in [-0.25, -0.2) is 4.98 Å². The van der Waals surface area contributed by atoms with Crippen LogP contribution in [0.3, 0.4) is 0 Å². The third-order valence-corrected chi connectivity index (χ3v) is 4.23. The maximum atomic E-state index is 6.08. The standard InChI is InChI=1S/C21H21N3O/c1-6-7-9-15(3)24(5)20(22-4)18-14(2)11-12-16-17-10-8-13-23-21(17)25-19(16)18/h6-13H,1,3H2,2,4-5H3/b9-7-,22-20?. The zero-order chi connectivity index (χ0) is 18.0. The minimum atomic E-state index is 0.632. The normalized spacial score (nSPS) is 12.2. The number of amidine groups is 1. The highest BCUT2D eigenvalue weighted by Gasteiger charge is 2.20. The first-order chi connectivity index (χ1) is 12.1. The zero-order valence-electron chi connectivity index (χ0n) is 14.8. The van der Waals surface area contributed by atoms with E-state index in [1.165, 1.54) is 0 Å². The van der Waals surface area contributed by atoms with Crippen LogP contribution in [0.15, 0.2) is 77.0 Å². The topological polar surface area (TPSA) is 41.6 Å². The molecule has 4 heteroatoms. The van der Waals surface area contributed by atoms with E-state index in [0.717, 1.165) is 39.0 Å². The fourth-order valence-electron chi connectivity index (χ4n) is 2.91. The van der Waals surface area contributed by atoms with Crippen LogP contribution in [-0.4, -0.2) is 29.8 Å². The van der Waals surface area contributed by atoms with E-state index in [9.17, 15) is 0 Å². The molecule has 2 aromatic heterocycles. The number of nitrogens with zero attached hydrogens (tertiary/aromatic N) is 3. The summed E-state index contributed by atoms with van der Waals surface area (Å²) >= 11 is 0. The van der Waals surface area contributed by atoms with Crippen LogP contribution in [0.25, 0.3) is 22.1 Å². The molecule has 0 aliphatic heterocycles. The Labute approximate surface area is 147 Å². The van der Waals surface area contributed by atoms with Gasteiger partial charge in [0.2, 0.25) is 5.71 Å². The van der Waals surface area contributed by atoms with E-state index in [2.05, 4.69) is 42.2 Å². The Hall–Kier alpha value is -3.14. The monoisotopic (exact) mass is 331 g/mol. The summed E-state index contributed by atoms with van der Waals surface area (Å²) in [5, 5.41) is 2.03. The summed E-state index contributed by atoms with van der Waals surface area (Å²) in [6.45, 7) is 9.85. The lowest BCUT2D eigenvalue weighted by atomic mass is 10.0. The number of fused-ring (bicyclic) bond motifs is 3. The molecule has 3 aromatic rings. The lowest BCUT2D eigenvalue weighted by Crippen LogP contribution is -2.26. The predicted molar refractivity (Wildman–Crippen MR) is 105 cm³/mol. The summed E-state index contributed by atoms with van der Waals surface area (Å²) in [6, 6.07) is 8.09. The fraction of sp³-hybridized carbons (Fsp3) is 0.143. The van der Waals surface area contributed by atoms with Crippen LogP contribution in [0, 0.1) is 6.92 Å². The van der Waals surface area contributed by atoms with E-state index < -0.39 is 0 Å². The van der Waals surface area contributed by atoms with E-state index in [1.54, 1.807) is 19.3 Å². The summed E-state index contributed by atoms with van der Waals surface area (Å²) in [5.41, 5.74) is 4.27. The van der Waals surface area contributed by atoms with Gasteiger partial charge in [-0.2, -0.15) is 0 Å². The summed E-state index contributed by atoms with van der Waals surface area (Å²) in [6.07, 6.45) is 7.21. The molecule has 0 N–H and O–H groups in total. The summed E-state index contributed by atoms with van der Waals surface area (Å²) in [4.78, 5) is 10.8. The molecule has 0 fully saturated rings. The van der Waals surface area contributed by atoms with Crippen LogP contribution < -0.4 is 0 Å². The third kappa shape index (κ3) is 2.87. The molecule has 25 heavy (non-hydrogen) atoms. The molecule has 3 rings (SSSR count). The van der Waals surface area contributed by atoms with Gasteiger partial charge in [0.15, 0.2) is 0 Å². The first-order valence-corrected chi connectivity index (χ1v) is 8.04. The first-order valence-electron chi connectivity index (χ1n) is 8.04. The molecule has 0 bridgehead atoms. The molecule has 1 aromatic carbocycles. The van der Waals surface area contributed by atoms with Crippen molar-refractivity contribution in [1.82, 2.24) is 9.88 Å². The Morgan fingerprint density at radius 3 is 2.80 bits per heavy atom.